The average Bonchev–Trinajstić information content (AvgIpc) is 3.11. The minimum absolute atomic E-state index is 0.0229. The van der Waals surface area contributed by atoms with Crippen molar-refractivity contribution >= 4 is 23.4 Å². The number of rotatable bonds is 4. The second-order valence-corrected chi connectivity index (χ2v) is 7.11. The van der Waals surface area contributed by atoms with Crippen molar-refractivity contribution in [1.82, 2.24) is 10.2 Å². The van der Waals surface area contributed by atoms with Crippen LogP contribution in [0.1, 0.15) is 29.3 Å². The van der Waals surface area contributed by atoms with Crippen molar-refractivity contribution < 1.29 is 9.59 Å². The van der Waals surface area contributed by atoms with Crippen molar-refractivity contribution in [2.75, 3.05) is 19.6 Å². The molecule has 26 heavy (non-hydrogen) atoms. The van der Waals surface area contributed by atoms with Crippen molar-refractivity contribution in [2.45, 2.75) is 20.3 Å². The molecule has 1 atom stereocenters. The lowest BCUT2D eigenvalue weighted by molar-refractivity contribution is -0.124. The number of hydrogen-bond donors (Lipinski definition) is 1. The summed E-state index contributed by atoms with van der Waals surface area (Å²) in [6.45, 7) is 5.62. The minimum Gasteiger partial charge on any atom is -0.356 e. The van der Waals surface area contributed by atoms with Crippen LogP contribution in [0, 0.1) is 12.8 Å². The second-order valence-electron chi connectivity index (χ2n) is 6.67. The normalized spacial score (nSPS) is 16.6. The third kappa shape index (κ3) is 3.91. The summed E-state index contributed by atoms with van der Waals surface area (Å²) < 4.78 is 0. The molecule has 0 radical (unpaired) electrons. The average molecular weight is 371 g/mol. The lowest BCUT2D eigenvalue weighted by Gasteiger charge is -2.17. The van der Waals surface area contributed by atoms with Gasteiger partial charge in [-0.05, 0) is 61.2 Å². The maximum Gasteiger partial charge on any atom is 0.253 e. The highest BCUT2D eigenvalue weighted by atomic mass is 35.5. The van der Waals surface area contributed by atoms with Crippen LogP contribution in [0.15, 0.2) is 42.5 Å². The van der Waals surface area contributed by atoms with Crippen molar-refractivity contribution in [1.29, 1.82) is 0 Å². The standard InChI is InChI=1S/C21H23ClN2O2/c1-3-23-20(25)17-9-10-24(13-17)21(26)16-6-4-5-15(12-16)19-8-7-18(22)11-14(19)2/h4-8,11-12,17H,3,9-10,13H2,1-2H3,(H,23,25). The first kappa shape index (κ1) is 18.5. The van der Waals surface area contributed by atoms with Crippen LogP contribution < -0.4 is 5.32 Å². The van der Waals surface area contributed by atoms with Crippen LogP contribution >= 0.6 is 11.6 Å². The first-order chi connectivity index (χ1) is 12.5. The molecule has 136 valence electrons. The molecule has 0 aromatic heterocycles. The highest BCUT2D eigenvalue weighted by molar-refractivity contribution is 6.30. The molecule has 1 saturated heterocycles. The highest BCUT2D eigenvalue weighted by Crippen LogP contribution is 2.27. The fourth-order valence-electron chi connectivity index (χ4n) is 3.43. The molecule has 1 fully saturated rings. The monoisotopic (exact) mass is 370 g/mol. The van der Waals surface area contributed by atoms with E-state index in [-0.39, 0.29) is 17.7 Å². The maximum absolute atomic E-state index is 12.9. The molecule has 0 spiro atoms. The summed E-state index contributed by atoms with van der Waals surface area (Å²) in [4.78, 5) is 26.6. The summed E-state index contributed by atoms with van der Waals surface area (Å²) in [5, 5.41) is 3.54. The van der Waals surface area contributed by atoms with E-state index in [1.165, 1.54) is 0 Å². The van der Waals surface area contributed by atoms with Crippen molar-refractivity contribution in [3.8, 4) is 11.1 Å². The molecule has 1 aliphatic heterocycles. The number of hydrogen-bond acceptors (Lipinski definition) is 2. The van der Waals surface area contributed by atoms with Crippen LogP contribution in [-0.4, -0.2) is 36.3 Å². The number of carbonyl (C=O) groups excluding carboxylic acids is 2. The van der Waals surface area contributed by atoms with Gasteiger partial charge in [0.05, 0.1) is 5.92 Å². The Kier molecular flexibility index (Phi) is 5.62. The van der Waals surface area contributed by atoms with Gasteiger partial charge in [0.25, 0.3) is 5.91 Å². The van der Waals surface area contributed by atoms with E-state index in [9.17, 15) is 9.59 Å². The van der Waals surface area contributed by atoms with Gasteiger partial charge in [0.15, 0.2) is 0 Å². The van der Waals surface area contributed by atoms with E-state index >= 15 is 0 Å². The first-order valence-electron chi connectivity index (χ1n) is 8.93. The quantitative estimate of drug-likeness (QED) is 0.886. The highest BCUT2D eigenvalue weighted by Gasteiger charge is 2.31. The van der Waals surface area contributed by atoms with Gasteiger partial charge in [0.1, 0.15) is 0 Å². The van der Waals surface area contributed by atoms with E-state index in [4.69, 9.17) is 11.6 Å². The first-order valence-corrected chi connectivity index (χ1v) is 9.31. The SMILES string of the molecule is CCNC(=O)C1CCN(C(=O)c2cccc(-c3ccc(Cl)cc3C)c2)C1. The lowest BCUT2D eigenvalue weighted by Crippen LogP contribution is -2.34. The summed E-state index contributed by atoms with van der Waals surface area (Å²) >= 11 is 6.04. The molecule has 0 saturated carbocycles. The van der Waals surface area contributed by atoms with Crippen molar-refractivity contribution in [3.63, 3.8) is 0 Å². The molecular formula is C21H23ClN2O2. The number of nitrogens with zero attached hydrogens (tertiary/aromatic N) is 1. The number of carbonyl (C=O) groups is 2. The van der Waals surface area contributed by atoms with Gasteiger partial charge >= 0.3 is 0 Å². The Morgan fingerprint density at radius 1 is 1.23 bits per heavy atom. The smallest absolute Gasteiger partial charge is 0.253 e. The van der Waals surface area contributed by atoms with E-state index in [1.807, 2.05) is 56.3 Å². The van der Waals surface area contributed by atoms with E-state index in [0.29, 0.717) is 36.6 Å². The number of halogens is 1. The molecule has 3 rings (SSSR count). The van der Waals surface area contributed by atoms with Crippen LogP contribution in [0.4, 0.5) is 0 Å². The molecule has 2 amide bonds. The maximum atomic E-state index is 12.9. The second kappa shape index (κ2) is 7.92. The summed E-state index contributed by atoms with van der Waals surface area (Å²) in [5.41, 5.74) is 3.77. The molecule has 4 nitrogen and oxygen atoms in total. The lowest BCUT2D eigenvalue weighted by atomic mass is 9.98. The third-order valence-electron chi connectivity index (χ3n) is 4.81. The van der Waals surface area contributed by atoms with Crippen molar-refractivity contribution in [3.05, 3.63) is 58.6 Å². The molecule has 0 aliphatic carbocycles. The molecule has 1 heterocycles. The number of likely N-dealkylation sites (tertiary alicyclic amines) is 1. The zero-order chi connectivity index (χ0) is 18.7. The molecule has 1 N–H and O–H groups in total. The van der Waals surface area contributed by atoms with Gasteiger partial charge in [-0.3, -0.25) is 9.59 Å². The number of amides is 2. The van der Waals surface area contributed by atoms with E-state index in [2.05, 4.69) is 5.32 Å². The summed E-state index contributed by atoms with van der Waals surface area (Å²) in [6.07, 6.45) is 0.716. The summed E-state index contributed by atoms with van der Waals surface area (Å²) in [6, 6.07) is 13.4. The molecule has 2 aromatic carbocycles. The third-order valence-corrected chi connectivity index (χ3v) is 5.04. The molecular weight excluding hydrogens is 348 g/mol. The number of aryl methyl sites for hydroxylation is 1. The van der Waals surface area contributed by atoms with E-state index in [0.717, 1.165) is 16.7 Å². The summed E-state index contributed by atoms with van der Waals surface area (Å²) in [7, 11) is 0. The van der Waals surface area contributed by atoms with Crippen LogP contribution in [-0.2, 0) is 4.79 Å². The Hall–Kier alpha value is -2.33. The Morgan fingerprint density at radius 3 is 2.77 bits per heavy atom. The van der Waals surface area contributed by atoms with Gasteiger partial charge < -0.3 is 10.2 Å². The molecule has 5 heteroatoms. The molecule has 2 aromatic rings. The summed E-state index contributed by atoms with van der Waals surface area (Å²) in [5.74, 6) is -0.0980. The Balaban J connectivity index is 1.78. The number of nitrogens with one attached hydrogen (secondary N) is 1. The van der Waals surface area contributed by atoms with Crippen LogP contribution in [0.3, 0.4) is 0 Å². The van der Waals surface area contributed by atoms with Gasteiger partial charge in [-0.25, -0.2) is 0 Å². The van der Waals surface area contributed by atoms with Crippen LogP contribution in [0.2, 0.25) is 5.02 Å². The number of benzene rings is 2. The largest absolute Gasteiger partial charge is 0.356 e. The van der Waals surface area contributed by atoms with E-state index < -0.39 is 0 Å². The van der Waals surface area contributed by atoms with Gasteiger partial charge in [-0.15, -0.1) is 0 Å². The van der Waals surface area contributed by atoms with Crippen LogP contribution in [0.25, 0.3) is 11.1 Å². The zero-order valence-electron chi connectivity index (χ0n) is 15.1. The Bertz CT molecular complexity index is 835. The topological polar surface area (TPSA) is 49.4 Å². The van der Waals surface area contributed by atoms with Gasteiger partial charge in [-0.2, -0.15) is 0 Å². The predicted octanol–water partition coefficient (Wildman–Crippen LogP) is 3.91. The Morgan fingerprint density at radius 2 is 2.04 bits per heavy atom. The molecule has 1 unspecified atom stereocenters. The minimum atomic E-state index is -0.111. The van der Waals surface area contributed by atoms with Gasteiger partial charge in [-0.1, -0.05) is 29.8 Å². The fraction of sp³-hybridized carbons (Fsp3) is 0.333. The predicted molar refractivity (Wildman–Crippen MR) is 104 cm³/mol. The molecule has 1 aliphatic rings. The van der Waals surface area contributed by atoms with Crippen LogP contribution in [0.5, 0.6) is 0 Å². The van der Waals surface area contributed by atoms with Gasteiger partial charge in [0.2, 0.25) is 5.91 Å². The zero-order valence-corrected chi connectivity index (χ0v) is 15.8. The fourth-order valence-corrected chi connectivity index (χ4v) is 3.66. The van der Waals surface area contributed by atoms with E-state index in [1.54, 1.807) is 4.90 Å². The van der Waals surface area contributed by atoms with Gasteiger partial charge in [0, 0.05) is 30.2 Å². The van der Waals surface area contributed by atoms with Crippen molar-refractivity contribution in [2.24, 2.45) is 5.92 Å². The Labute approximate surface area is 159 Å². The molecule has 0 bridgehead atoms.